The highest BCUT2D eigenvalue weighted by Gasteiger charge is 2.22. The van der Waals surface area contributed by atoms with Crippen LogP contribution in [0.4, 0.5) is 0 Å². The van der Waals surface area contributed by atoms with Gasteiger partial charge in [0.05, 0.1) is 4.91 Å². The van der Waals surface area contributed by atoms with Gasteiger partial charge < -0.3 is 5.32 Å². The fraction of sp³-hybridized carbons (Fsp3) is 0. The third-order valence-electron chi connectivity index (χ3n) is 2.82. The Balaban J connectivity index is 1.92. The molecule has 5 heteroatoms. The van der Waals surface area contributed by atoms with Crippen LogP contribution in [0.2, 0.25) is 0 Å². The molecule has 0 saturated carbocycles. The van der Waals surface area contributed by atoms with E-state index in [1.807, 2.05) is 42.5 Å². The van der Waals surface area contributed by atoms with E-state index in [9.17, 15) is 4.79 Å². The summed E-state index contributed by atoms with van der Waals surface area (Å²) in [4.78, 5) is 14.7. The Hall–Kier alpha value is -1.56. The van der Waals surface area contributed by atoms with Crippen molar-refractivity contribution in [2.75, 3.05) is 0 Å². The molecule has 1 N–H and O–H groups in total. The lowest BCUT2D eigenvalue weighted by Crippen LogP contribution is -2.17. The van der Waals surface area contributed by atoms with Crippen LogP contribution in [-0.4, -0.2) is 10.2 Å². The third-order valence-corrected chi connectivity index (χ3v) is 5.08. The van der Waals surface area contributed by atoms with Crippen molar-refractivity contribution in [3.05, 3.63) is 65.1 Å². The Morgan fingerprint density at radius 1 is 1.05 bits per heavy atom. The van der Waals surface area contributed by atoms with Gasteiger partial charge in [-0.3, -0.25) is 4.79 Å². The van der Waals surface area contributed by atoms with Gasteiger partial charge in [0.25, 0.3) is 5.91 Å². The molecule has 21 heavy (non-hydrogen) atoms. The van der Waals surface area contributed by atoms with Crippen molar-refractivity contribution in [2.24, 2.45) is 0 Å². The summed E-state index contributed by atoms with van der Waals surface area (Å²) in [6.07, 6.45) is 1.89. The molecule has 1 amide bonds. The van der Waals surface area contributed by atoms with Gasteiger partial charge in [-0.1, -0.05) is 72.1 Å². The summed E-state index contributed by atoms with van der Waals surface area (Å²) in [5.41, 5.74) is 1.02. The number of carbonyl (C=O) groups excluding carboxylic acids is 1. The number of thioether (sulfide) groups is 1. The van der Waals surface area contributed by atoms with E-state index < -0.39 is 0 Å². The second-order valence-corrected chi connectivity index (χ2v) is 7.14. The number of amides is 1. The summed E-state index contributed by atoms with van der Waals surface area (Å²) >= 11 is 8.00. The highest BCUT2D eigenvalue weighted by atomic mass is 32.2. The van der Waals surface area contributed by atoms with Crippen LogP contribution in [0.15, 0.2) is 69.3 Å². The quantitative estimate of drug-likeness (QED) is 0.670. The van der Waals surface area contributed by atoms with Gasteiger partial charge >= 0.3 is 0 Å². The zero-order valence-electron chi connectivity index (χ0n) is 10.9. The lowest BCUT2D eigenvalue weighted by Gasteiger charge is -2.06. The number of hydrogen-bond acceptors (Lipinski definition) is 4. The largest absolute Gasteiger partial charge is 0.307 e. The predicted molar refractivity (Wildman–Crippen MR) is 93.3 cm³/mol. The van der Waals surface area contributed by atoms with Crippen molar-refractivity contribution in [3.63, 3.8) is 0 Å². The number of nitrogens with one attached hydrogen (secondary N) is 1. The Morgan fingerprint density at radius 3 is 2.48 bits per heavy atom. The third kappa shape index (κ3) is 3.56. The van der Waals surface area contributed by atoms with Crippen molar-refractivity contribution >= 4 is 52.0 Å². The molecule has 1 aliphatic heterocycles. The van der Waals surface area contributed by atoms with Crippen LogP contribution in [0, 0.1) is 0 Å². The maximum absolute atomic E-state index is 11.8. The number of rotatable bonds is 3. The second-order valence-electron chi connectivity index (χ2n) is 4.31. The smallest absolute Gasteiger partial charge is 0.263 e. The molecular formula is C16H11NOS3. The minimum atomic E-state index is -0.121. The maximum Gasteiger partial charge on any atom is 0.263 e. The molecule has 2 nitrogen and oxygen atoms in total. The molecule has 104 valence electrons. The number of benzene rings is 2. The lowest BCUT2D eigenvalue weighted by atomic mass is 10.2. The number of thiocarbonyl (C=S) groups is 1. The SMILES string of the molecule is O=C1NC(=S)S/C1=C\c1ccccc1Sc1ccccc1. The summed E-state index contributed by atoms with van der Waals surface area (Å²) in [5.74, 6) is -0.121. The van der Waals surface area contributed by atoms with Crippen LogP contribution in [0.1, 0.15) is 5.56 Å². The minimum Gasteiger partial charge on any atom is -0.307 e. The molecule has 3 rings (SSSR count). The first-order valence-corrected chi connectivity index (χ1v) is 8.33. The molecule has 0 radical (unpaired) electrons. The minimum absolute atomic E-state index is 0.121. The van der Waals surface area contributed by atoms with Crippen LogP contribution in [0.5, 0.6) is 0 Å². The summed E-state index contributed by atoms with van der Waals surface area (Å²) < 4.78 is 0.513. The zero-order chi connectivity index (χ0) is 14.7. The highest BCUT2D eigenvalue weighted by molar-refractivity contribution is 8.26. The van der Waals surface area contributed by atoms with Crippen molar-refractivity contribution in [2.45, 2.75) is 9.79 Å². The van der Waals surface area contributed by atoms with E-state index >= 15 is 0 Å². The molecule has 0 unspecified atom stereocenters. The van der Waals surface area contributed by atoms with E-state index in [1.54, 1.807) is 11.8 Å². The van der Waals surface area contributed by atoms with Crippen LogP contribution in [-0.2, 0) is 4.79 Å². The molecule has 0 bridgehead atoms. The topological polar surface area (TPSA) is 29.1 Å². The molecule has 0 atom stereocenters. The van der Waals surface area contributed by atoms with Gasteiger partial charge in [0.1, 0.15) is 4.32 Å². The van der Waals surface area contributed by atoms with Gasteiger partial charge in [-0.25, -0.2) is 0 Å². The van der Waals surface area contributed by atoms with Crippen LogP contribution >= 0.6 is 35.7 Å². The lowest BCUT2D eigenvalue weighted by molar-refractivity contribution is -0.115. The van der Waals surface area contributed by atoms with Crippen molar-refractivity contribution < 1.29 is 4.79 Å². The average molecular weight is 329 g/mol. The summed E-state index contributed by atoms with van der Waals surface area (Å²) in [6.45, 7) is 0. The number of carbonyl (C=O) groups is 1. The molecule has 1 saturated heterocycles. The van der Waals surface area contributed by atoms with Crippen LogP contribution in [0.3, 0.4) is 0 Å². The molecule has 0 aliphatic carbocycles. The fourth-order valence-electron chi connectivity index (χ4n) is 1.87. The summed E-state index contributed by atoms with van der Waals surface area (Å²) in [5, 5.41) is 2.64. The van der Waals surface area contributed by atoms with Gasteiger partial charge in [0.2, 0.25) is 0 Å². The molecular weight excluding hydrogens is 318 g/mol. The van der Waals surface area contributed by atoms with Gasteiger partial charge in [-0.15, -0.1) is 0 Å². The molecule has 1 heterocycles. The Kier molecular flexibility index (Phi) is 4.43. The molecule has 2 aromatic carbocycles. The molecule has 1 aliphatic rings. The summed E-state index contributed by atoms with van der Waals surface area (Å²) in [6, 6.07) is 18.2. The van der Waals surface area contributed by atoms with Crippen LogP contribution < -0.4 is 5.32 Å². The first-order chi connectivity index (χ1) is 10.2. The van der Waals surface area contributed by atoms with Crippen LogP contribution in [0.25, 0.3) is 6.08 Å². The maximum atomic E-state index is 11.8. The number of hydrogen-bond donors (Lipinski definition) is 1. The second kappa shape index (κ2) is 6.47. The van der Waals surface area contributed by atoms with E-state index in [-0.39, 0.29) is 5.91 Å². The fourth-order valence-corrected chi connectivity index (χ4v) is 3.84. The normalized spacial score (nSPS) is 16.3. The average Bonchev–Trinajstić information content (AvgIpc) is 2.80. The molecule has 0 aromatic heterocycles. The monoisotopic (exact) mass is 329 g/mol. The molecule has 2 aromatic rings. The standard InChI is InChI=1S/C16H11NOS3/c18-15-14(21-16(19)17-15)10-11-6-4-5-9-13(11)20-12-7-2-1-3-8-12/h1-10H,(H,17,18,19)/b14-10-. The molecule has 1 fully saturated rings. The zero-order valence-corrected chi connectivity index (χ0v) is 13.4. The van der Waals surface area contributed by atoms with Gasteiger partial charge in [-0.05, 0) is 29.8 Å². The first kappa shape index (κ1) is 14.4. The van der Waals surface area contributed by atoms with Gasteiger partial charge in [0, 0.05) is 9.79 Å². The van der Waals surface area contributed by atoms with E-state index in [4.69, 9.17) is 12.2 Å². The Morgan fingerprint density at radius 2 is 1.76 bits per heavy atom. The van der Waals surface area contributed by atoms with Crippen molar-refractivity contribution in [1.82, 2.24) is 5.32 Å². The highest BCUT2D eigenvalue weighted by Crippen LogP contribution is 2.33. The molecule has 0 spiro atoms. The predicted octanol–water partition coefficient (Wildman–Crippen LogP) is 4.33. The Labute approximate surface area is 137 Å². The van der Waals surface area contributed by atoms with Gasteiger partial charge in [0.15, 0.2) is 0 Å². The first-order valence-electron chi connectivity index (χ1n) is 6.29. The van der Waals surface area contributed by atoms with Crippen molar-refractivity contribution in [1.29, 1.82) is 0 Å². The van der Waals surface area contributed by atoms with E-state index in [1.165, 1.54) is 16.7 Å². The van der Waals surface area contributed by atoms with E-state index in [0.29, 0.717) is 9.23 Å². The van der Waals surface area contributed by atoms with Crippen molar-refractivity contribution in [3.8, 4) is 0 Å². The van der Waals surface area contributed by atoms with E-state index in [2.05, 4.69) is 23.5 Å². The Bertz CT molecular complexity index is 725. The van der Waals surface area contributed by atoms with E-state index in [0.717, 1.165) is 10.5 Å². The summed E-state index contributed by atoms with van der Waals surface area (Å²) in [7, 11) is 0. The van der Waals surface area contributed by atoms with Gasteiger partial charge in [-0.2, -0.15) is 0 Å².